The molecule has 0 bridgehead atoms. The van der Waals surface area contributed by atoms with Gasteiger partial charge >= 0.3 is 12.0 Å². The van der Waals surface area contributed by atoms with Crippen molar-refractivity contribution in [3.8, 4) is 0 Å². The molecule has 112 valence electrons. The summed E-state index contributed by atoms with van der Waals surface area (Å²) in [5, 5.41) is 14.5. The topological polar surface area (TPSA) is 82.5 Å². The van der Waals surface area contributed by atoms with E-state index < -0.39 is 5.97 Å². The number of amides is 2. The van der Waals surface area contributed by atoms with Crippen molar-refractivity contribution in [3.05, 3.63) is 16.6 Å². The molecule has 2 unspecified atom stereocenters. The number of rotatable bonds is 7. The summed E-state index contributed by atoms with van der Waals surface area (Å²) in [5.41, 5.74) is 0. The van der Waals surface area contributed by atoms with E-state index in [1.165, 1.54) is 4.90 Å². The van der Waals surface area contributed by atoms with Crippen LogP contribution in [0.15, 0.2) is 11.6 Å². The predicted molar refractivity (Wildman–Crippen MR) is 78.0 cm³/mol. The van der Waals surface area contributed by atoms with E-state index >= 15 is 0 Å². The highest BCUT2D eigenvalue weighted by Gasteiger charge is 2.22. The minimum atomic E-state index is -1.01. The smallest absolute Gasteiger partial charge is 0.323 e. The number of hydrogen-bond donors (Lipinski definition) is 2. The van der Waals surface area contributed by atoms with E-state index in [0.29, 0.717) is 13.0 Å². The van der Waals surface area contributed by atoms with Crippen molar-refractivity contribution in [1.29, 1.82) is 0 Å². The molecule has 1 aromatic heterocycles. The van der Waals surface area contributed by atoms with Crippen LogP contribution < -0.4 is 5.32 Å². The SMILES string of the molecule is CCC(C)N(CC(=O)O)C(=O)NCC(C)c1nccs1. The number of carboxylic acid groups (broad SMARTS) is 1. The first-order valence-corrected chi connectivity index (χ1v) is 7.49. The van der Waals surface area contributed by atoms with Crippen LogP contribution in [0.25, 0.3) is 0 Å². The molecule has 0 aromatic carbocycles. The summed E-state index contributed by atoms with van der Waals surface area (Å²) in [5.74, 6) is -0.893. The molecular weight excluding hydrogens is 278 g/mol. The molecule has 20 heavy (non-hydrogen) atoms. The third-order valence-electron chi connectivity index (χ3n) is 3.12. The van der Waals surface area contributed by atoms with Crippen LogP contribution >= 0.6 is 11.3 Å². The number of hydrogen-bond acceptors (Lipinski definition) is 4. The van der Waals surface area contributed by atoms with E-state index in [0.717, 1.165) is 5.01 Å². The Hall–Kier alpha value is -1.63. The Kier molecular flexibility index (Phi) is 6.44. The maximum Gasteiger partial charge on any atom is 0.323 e. The number of carboxylic acids is 1. The first kappa shape index (κ1) is 16.4. The highest BCUT2D eigenvalue weighted by atomic mass is 32.1. The zero-order valence-corrected chi connectivity index (χ0v) is 12.8. The van der Waals surface area contributed by atoms with Gasteiger partial charge in [0.2, 0.25) is 0 Å². The van der Waals surface area contributed by atoms with Gasteiger partial charge in [0.1, 0.15) is 6.54 Å². The molecule has 1 heterocycles. The number of nitrogens with one attached hydrogen (secondary N) is 1. The second-order valence-electron chi connectivity index (χ2n) is 4.74. The Labute approximate surface area is 122 Å². The maximum atomic E-state index is 12.1. The zero-order valence-electron chi connectivity index (χ0n) is 12.0. The van der Waals surface area contributed by atoms with Crippen molar-refractivity contribution >= 4 is 23.3 Å². The van der Waals surface area contributed by atoms with Crippen molar-refractivity contribution in [1.82, 2.24) is 15.2 Å². The highest BCUT2D eigenvalue weighted by Crippen LogP contribution is 2.16. The van der Waals surface area contributed by atoms with Gasteiger partial charge in [-0.05, 0) is 13.3 Å². The van der Waals surface area contributed by atoms with Crippen LogP contribution in [0.3, 0.4) is 0 Å². The molecule has 1 aromatic rings. The quantitative estimate of drug-likeness (QED) is 0.808. The molecule has 0 saturated heterocycles. The maximum absolute atomic E-state index is 12.1. The molecule has 0 aliphatic heterocycles. The van der Waals surface area contributed by atoms with Gasteiger partial charge in [0.25, 0.3) is 0 Å². The van der Waals surface area contributed by atoms with Crippen LogP contribution in [-0.4, -0.2) is 46.1 Å². The average Bonchev–Trinajstić information content (AvgIpc) is 2.94. The summed E-state index contributed by atoms with van der Waals surface area (Å²) in [6, 6.07) is -0.452. The lowest BCUT2D eigenvalue weighted by atomic mass is 10.2. The van der Waals surface area contributed by atoms with Crippen molar-refractivity contribution in [2.24, 2.45) is 0 Å². The van der Waals surface area contributed by atoms with Crippen LogP contribution in [-0.2, 0) is 4.79 Å². The van der Waals surface area contributed by atoms with Gasteiger partial charge in [0, 0.05) is 30.1 Å². The van der Waals surface area contributed by atoms with Gasteiger partial charge in [-0.2, -0.15) is 0 Å². The van der Waals surface area contributed by atoms with Gasteiger partial charge in [-0.1, -0.05) is 13.8 Å². The van der Waals surface area contributed by atoms with Crippen LogP contribution in [0.1, 0.15) is 38.1 Å². The molecular formula is C13H21N3O3S. The minimum Gasteiger partial charge on any atom is -0.480 e. The highest BCUT2D eigenvalue weighted by molar-refractivity contribution is 7.09. The number of carbonyl (C=O) groups excluding carboxylic acids is 1. The molecule has 6 nitrogen and oxygen atoms in total. The van der Waals surface area contributed by atoms with Crippen LogP contribution in [0.4, 0.5) is 4.79 Å². The summed E-state index contributed by atoms with van der Waals surface area (Å²) < 4.78 is 0. The van der Waals surface area contributed by atoms with E-state index in [1.54, 1.807) is 17.5 Å². The summed E-state index contributed by atoms with van der Waals surface area (Å²) in [6.45, 7) is 5.90. The van der Waals surface area contributed by atoms with E-state index in [1.807, 2.05) is 26.2 Å². The van der Waals surface area contributed by atoms with Gasteiger partial charge in [0.15, 0.2) is 0 Å². The van der Waals surface area contributed by atoms with Crippen molar-refractivity contribution in [2.75, 3.05) is 13.1 Å². The molecule has 0 aliphatic carbocycles. The number of thiazole rings is 1. The number of aliphatic carboxylic acids is 1. The fraction of sp³-hybridized carbons (Fsp3) is 0.615. The molecule has 0 radical (unpaired) electrons. The molecule has 7 heteroatoms. The summed E-state index contributed by atoms with van der Waals surface area (Å²) in [4.78, 5) is 28.5. The summed E-state index contributed by atoms with van der Waals surface area (Å²) >= 11 is 1.54. The predicted octanol–water partition coefficient (Wildman–Crippen LogP) is 2.14. The Balaban J connectivity index is 2.55. The van der Waals surface area contributed by atoms with Crippen LogP contribution in [0.5, 0.6) is 0 Å². The standard InChI is InChI=1S/C13H21N3O3S/c1-4-10(3)16(8-11(17)18)13(19)15-7-9(2)12-14-5-6-20-12/h5-6,9-10H,4,7-8H2,1-3H3,(H,15,19)(H,17,18). The number of urea groups is 1. The first-order valence-electron chi connectivity index (χ1n) is 6.61. The van der Waals surface area contributed by atoms with Gasteiger partial charge in [-0.25, -0.2) is 9.78 Å². The monoisotopic (exact) mass is 299 g/mol. The molecule has 1 rings (SSSR count). The molecule has 2 atom stereocenters. The fourth-order valence-corrected chi connectivity index (χ4v) is 2.40. The summed E-state index contributed by atoms with van der Waals surface area (Å²) in [7, 11) is 0. The lowest BCUT2D eigenvalue weighted by Gasteiger charge is -2.27. The van der Waals surface area contributed by atoms with E-state index in [2.05, 4.69) is 10.3 Å². The average molecular weight is 299 g/mol. The van der Waals surface area contributed by atoms with Crippen LogP contribution in [0, 0.1) is 0 Å². The van der Waals surface area contributed by atoms with E-state index in [4.69, 9.17) is 5.11 Å². The molecule has 0 spiro atoms. The third-order valence-corrected chi connectivity index (χ3v) is 4.13. The van der Waals surface area contributed by atoms with E-state index in [9.17, 15) is 9.59 Å². The minimum absolute atomic E-state index is 0.110. The van der Waals surface area contributed by atoms with Crippen molar-refractivity contribution in [3.63, 3.8) is 0 Å². The molecule has 2 amide bonds. The Morgan fingerprint density at radius 1 is 1.50 bits per heavy atom. The van der Waals surface area contributed by atoms with Gasteiger partial charge in [-0.15, -0.1) is 11.3 Å². The number of nitrogens with zero attached hydrogens (tertiary/aromatic N) is 2. The van der Waals surface area contributed by atoms with Crippen LogP contribution in [0.2, 0.25) is 0 Å². The van der Waals surface area contributed by atoms with E-state index in [-0.39, 0.29) is 24.5 Å². The largest absolute Gasteiger partial charge is 0.480 e. The van der Waals surface area contributed by atoms with Gasteiger partial charge in [0.05, 0.1) is 5.01 Å². The molecule has 0 saturated carbocycles. The lowest BCUT2D eigenvalue weighted by molar-refractivity contribution is -0.138. The van der Waals surface area contributed by atoms with Gasteiger partial charge in [-0.3, -0.25) is 4.79 Å². The summed E-state index contributed by atoms with van der Waals surface area (Å²) in [6.07, 6.45) is 2.44. The molecule has 2 N–H and O–H groups in total. The zero-order chi connectivity index (χ0) is 15.1. The molecule has 0 fully saturated rings. The number of aromatic nitrogens is 1. The normalized spacial score (nSPS) is 13.6. The second-order valence-corrected chi connectivity index (χ2v) is 5.66. The Morgan fingerprint density at radius 2 is 2.20 bits per heavy atom. The molecule has 0 aliphatic rings. The number of carbonyl (C=O) groups is 2. The first-order chi connectivity index (χ1) is 9.45. The van der Waals surface area contributed by atoms with Gasteiger partial charge < -0.3 is 15.3 Å². The van der Waals surface area contributed by atoms with Crippen molar-refractivity contribution < 1.29 is 14.7 Å². The fourth-order valence-electron chi connectivity index (χ4n) is 1.70. The lowest BCUT2D eigenvalue weighted by Crippen LogP contribution is -2.48. The third kappa shape index (κ3) is 4.80. The van der Waals surface area contributed by atoms with Crippen molar-refractivity contribution in [2.45, 2.75) is 39.2 Å². The second kappa shape index (κ2) is 7.84. The Bertz CT molecular complexity index is 436. The Morgan fingerprint density at radius 3 is 2.70 bits per heavy atom.